The predicted octanol–water partition coefficient (Wildman–Crippen LogP) is 2.82. The Labute approximate surface area is 139 Å². The highest BCUT2D eigenvalue weighted by molar-refractivity contribution is 5.73. The van der Waals surface area contributed by atoms with Gasteiger partial charge in [-0.1, -0.05) is 13.8 Å². The van der Waals surface area contributed by atoms with Crippen molar-refractivity contribution in [3.05, 3.63) is 0 Å². The topological polar surface area (TPSA) is 70.1 Å². The molecule has 1 aliphatic heterocycles. The van der Waals surface area contributed by atoms with Gasteiger partial charge < -0.3 is 14.7 Å². The fourth-order valence-electron chi connectivity index (χ4n) is 3.14. The van der Waals surface area contributed by atoms with E-state index in [1.807, 2.05) is 20.8 Å². The first-order valence-corrected chi connectivity index (χ1v) is 8.33. The van der Waals surface area contributed by atoms with Crippen molar-refractivity contribution in [3.63, 3.8) is 0 Å². The van der Waals surface area contributed by atoms with Crippen molar-refractivity contribution in [2.75, 3.05) is 19.6 Å². The van der Waals surface area contributed by atoms with Gasteiger partial charge in [0.2, 0.25) is 0 Å². The van der Waals surface area contributed by atoms with Gasteiger partial charge in [0, 0.05) is 25.7 Å². The second kappa shape index (κ2) is 7.07. The van der Waals surface area contributed by atoms with E-state index in [-0.39, 0.29) is 18.6 Å². The number of amides is 1. The smallest absolute Gasteiger partial charge is 0.410 e. The highest BCUT2D eigenvalue weighted by Gasteiger charge is 2.52. The van der Waals surface area contributed by atoms with Crippen LogP contribution in [0.1, 0.15) is 54.9 Å². The summed E-state index contributed by atoms with van der Waals surface area (Å²) < 4.78 is 5.38. The Morgan fingerprint density at radius 3 is 2.09 bits per heavy atom. The quantitative estimate of drug-likeness (QED) is 0.812. The van der Waals surface area contributed by atoms with Gasteiger partial charge in [0.1, 0.15) is 5.60 Å². The number of rotatable bonds is 6. The Hall–Kier alpha value is -1.30. The summed E-state index contributed by atoms with van der Waals surface area (Å²) in [5, 5.41) is 9.33. The van der Waals surface area contributed by atoms with Crippen molar-refractivity contribution in [2.45, 2.75) is 72.1 Å². The minimum atomic E-state index is -0.830. The highest BCUT2D eigenvalue weighted by Crippen LogP contribution is 2.34. The highest BCUT2D eigenvalue weighted by atomic mass is 16.6. The summed E-state index contributed by atoms with van der Waals surface area (Å²) in [6, 6.07) is 0.220. The number of carboxylic acid groups (broad SMARTS) is 1. The van der Waals surface area contributed by atoms with Crippen molar-refractivity contribution in [1.82, 2.24) is 9.80 Å². The zero-order valence-corrected chi connectivity index (χ0v) is 15.5. The lowest BCUT2D eigenvalue weighted by atomic mass is 9.82. The van der Waals surface area contributed by atoms with Gasteiger partial charge in [-0.15, -0.1) is 0 Å². The molecule has 0 aliphatic carbocycles. The molecule has 0 spiro atoms. The van der Waals surface area contributed by atoms with Gasteiger partial charge in [-0.25, -0.2) is 4.79 Å². The molecule has 1 amide bonds. The molecular weight excluding hydrogens is 296 g/mol. The summed E-state index contributed by atoms with van der Waals surface area (Å²) >= 11 is 0. The van der Waals surface area contributed by atoms with Crippen LogP contribution < -0.4 is 0 Å². The lowest BCUT2D eigenvalue weighted by Gasteiger charge is -2.56. The van der Waals surface area contributed by atoms with Gasteiger partial charge in [0.15, 0.2) is 0 Å². The second-order valence-corrected chi connectivity index (χ2v) is 8.27. The molecule has 0 unspecified atom stereocenters. The van der Waals surface area contributed by atoms with Crippen molar-refractivity contribution in [1.29, 1.82) is 0 Å². The molecule has 23 heavy (non-hydrogen) atoms. The maximum absolute atomic E-state index is 12.2. The van der Waals surface area contributed by atoms with Crippen molar-refractivity contribution in [3.8, 4) is 0 Å². The SMILES string of the molecule is CC(C)CN(C(C)C)C1(CC(=O)O)CN(C(=O)OC(C)(C)C)C1. The first-order chi connectivity index (χ1) is 10.4. The molecule has 1 rings (SSSR count). The fourth-order valence-corrected chi connectivity index (χ4v) is 3.14. The molecule has 1 heterocycles. The Bertz CT molecular complexity index is 434. The summed E-state index contributed by atoms with van der Waals surface area (Å²) in [6.07, 6.45) is -0.330. The molecule has 1 N–H and O–H groups in total. The fraction of sp³-hybridized carbons (Fsp3) is 0.882. The molecule has 0 aromatic rings. The first kappa shape index (κ1) is 19.7. The van der Waals surface area contributed by atoms with E-state index >= 15 is 0 Å². The lowest BCUT2D eigenvalue weighted by Crippen LogP contribution is -2.73. The molecule has 1 fully saturated rings. The minimum Gasteiger partial charge on any atom is -0.481 e. The van der Waals surface area contributed by atoms with Crippen LogP contribution in [0.2, 0.25) is 0 Å². The van der Waals surface area contributed by atoms with Gasteiger partial charge >= 0.3 is 12.1 Å². The Morgan fingerprint density at radius 1 is 1.22 bits per heavy atom. The zero-order chi connectivity index (χ0) is 18.0. The number of ether oxygens (including phenoxy) is 1. The molecule has 0 radical (unpaired) electrons. The van der Waals surface area contributed by atoms with Gasteiger partial charge in [0.05, 0.1) is 12.0 Å². The number of carboxylic acids is 1. The molecule has 1 aliphatic rings. The van der Waals surface area contributed by atoms with E-state index in [4.69, 9.17) is 4.74 Å². The Balaban J connectivity index is 2.87. The van der Waals surface area contributed by atoms with Gasteiger partial charge in [-0.3, -0.25) is 9.69 Å². The Morgan fingerprint density at radius 2 is 1.74 bits per heavy atom. The number of carbonyl (C=O) groups is 2. The molecule has 0 aromatic heterocycles. The lowest BCUT2D eigenvalue weighted by molar-refractivity contribution is -0.147. The number of aliphatic carboxylic acids is 1. The van der Waals surface area contributed by atoms with Crippen LogP contribution in [0.5, 0.6) is 0 Å². The average Bonchev–Trinajstić information content (AvgIpc) is 2.27. The number of nitrogens with zero attached hydrogens (tertiary/aromatic N) is 2. The Kier molecular flexibility index (Phi) is 6.07. The van der Waals surface area contributed by atoms with E-state index in [9.17, 15) is 14.7 Å². The van der Waals surface area contributed by atoms with Crippen LogP contribution in [-0.2, 0) is 9.53 Å². The van der Waals surface area contributed by atoms with E-state index in [2.05, 4.69) is 32.6 Å². The molecule has 0 bridgehead atoms. The van der Waals surface area contributed by atoms with E-state index in [1.165, 1.54) is 0 Å². The van der Waals surface area contributed by atoms with E-state index in [0.29, 0.717) is 19.0 Å². The first-order valence-electron chi connectivity index (χ1n) is 8.33. The summed E-state index contributed by atoms with van der Waals surface area (Å²) in [6.45, 7) is 15.5. The summed E-state index contributed by atoms with van der Waals surface area (Å²) in [5.74, 6) is -0.401. The molecule has 0 atom stereocenters. The second-order valence-electron chi connectivity index (χ2n) is 8.27. The third-order valence-electron chi connectivity index (χ3n) is 3.90. The van der Waals surface area contributed by atoms with Crippen LogP contribution in [0.3, 0.4) is 0 Å². The van der Waals surface area contributed by atoms with Crippen molar-refractivity contribution in [2.24, 2.45) is 5.92 Å². The zero-order valence-electron chi connectivity index (χ0n) is 15.5. The van der Waals surface area contributed by atoms with Crippen LogP contribution >= 0.6 is 0 Å². The maximum Gasteiger partial charge on any atom is 0.410 e. The predicted molar refractivity (Wildman–Crippen MR) is 89.5 cm³/mol. The number of hydrogen-bond acceptors (Lipinski definition) is 4. The van der Waals surface area contributed by atoms with Crippen LogP contribution in [0.4, 0.5) is 4.79 Å². The molecule has 6 heteroatoms. The monoisotopic (exact) mass is 328 g/mol. The summed E-state index contributed by atoms with van der Waals surface area (Å²) in [4.78, 5) is 27.4. The summed E-state index contributed by atoms with van der Waals surface area (Å²) in [5.41, 5.74) is -1.04. The molecule has 134 valence electrons. The van der Waals surface area contributed by atoms with Gasteiger partial charge in [-0.05, 0) is 40.5 Å². The van der Waals surface area contributed by atoms with Crippen LogP contribution in [0.15, 0.2) is 0 Å². The normalized spacial score (nSPS) is 17.6. The number of hydrogen-bond donors (Lipinski definition) is 1. The number of carbonyl (C=O) groups excluding carboxylic acids is 1. The van der Waals surface area contributed by atoms with Crippen molar-refractivity contribution >= 4 is 12.1 Å². The minimum absolute atomic E-state index is 0.0389. The van der Waals surface area contributed by atoms with E-state index in [1.54, 1.807) is 4.90 Å². The molecular formula is C17H32N2O4. The summed E-state index contributed by atoms with van der Waals surface area (Å²) in [7, 11) is 0. The molecule has 6 nitrogen and oxygen atoms in total. The largest absolute Gasteiger partial charge is 0.481 e. The van der Waals surface area contributed by atoms with E-state index in [0.717, 1.165) is 6.54 Å². The van der Waals surface area contributed by atoms with Gasteiger partial charge in [0.25, 0.3) is 0 Å². The molecule has 1 saturated heterocycles. The molecule has 0 saturated carbocycles. The van der Waals surface area contributed by atoms with Crippen LogP contribution in [0.25, 0.3) is 0 Å². The van der Waals surface area contributed by atoms with Crippen LogP contribution in [-0.4, -0.2) is 63.8 Å². The number of likely N-dealkylation sites (tertiary alicyclic amines) is 1. The van der Waals surface area contributed by atoms with E-state index < -0.39 is 17.1 Å². The average molecular weight is 328 g/mol. The van der Waals surface area contributed by atoms with Gasteiger partial charge in [-0.2, -0.15) is 0 Å². The third-order valence-corrected chi connectivity index (χ3v) is 3.90. The van der Waals surface area contributed by atoms with Crippen molar-refractivity contribution < 1.29 is 19.4 Å². The maximum atomic E-state index is 12.2. The molecule has 0 aromatic carbocycles. The third kappa shape index (κ3) is 5.37. The van der Waals surface area contributed by atoms with Crippen LogP contribution in [0, 0.1) is 5.92 Å². The standard InChI is InChI=1S/C17H32N2O4/c1-12(2)9-19(13(3)4)17(8-14(20)21)10-18(11-17)15(22)23-16(5,6)7/h12-13H,8-11H2,1-7H3,(H,20,21).